The van der Waals surface area contributed by atoms with Gasteiger partial charge in [0.1, 0.15) is 0 Å². The zero-order chi connectivity index (χ0) is 19.0. The average Bonchev–Trinajstić information content (AvgIpc) is 2.59. The predicted octanol–water partition coefficient (Wildman–Crippen LogP) is 7.76. The SMILES string of the molecule is CCCO[Si](CCC)(CCC)CCC[Si](CCC)(CCC)OCCC. The fraction of sp³-hybridized carbons (Fsp3) is 1.00. The quantitative estimate of drug-likeness (QED) is 0.223. The van der Waals surface area contributed by atoms with Crippen molar-refractivity contribution in [1.82, 2.24) is 0 Å². The second kappa shape index (κ2) is 15.4. The van der Waals surface area contributed by atoms with Crippen LogP contribution >= 0.6 is 0 Å². The van der Waals surface area contributed by atoms with Crippen molar-refractivity contribution in [2.75, 3.05) is 13.2 Å². The van der Waals surface area contributed by atoms with Crippen molar-refractivity contribution in [3.8, 4) is 0 Å². The van der Waals surface area contributed by atoms with Gasteiger partial charge in [0.2, 0.25) is 0 Å². The molecular formula is C21H48O2Si2. The number of rotatable bonds is 18. The van der Waals surface area contributed by atoms with Crippen LogP contribution < -0.4 is 0 Å². The lowest BCUT2D eigenvalue weighted by Gasteiger charge is -2.35. The molecule has 0 aliphatic carbocycles. The van der Waals surface area contributed by atoms with Gasteiger partial charge in [-0.05, 0) is 49.1 Å². The Morgan fingerprint density at radius 2 is 0.760 bits per heavy atom. The van der Waals surface area contributed by atoms with E-state index in [-0.39, 0.29) is 0 Å². The third kappa shape index (κ3) is 10.3. The third-order valence-corrected chi connectivity index (χ3v) is 15.1. The molecule has 0 saturated heterocycles. The summed E-state index contributed by atoms with van der Waals surface area (Å²) in [4.78, 5) is 0. The molecule has 152 valence electrons. The van der Waals surface area contributed by atoms with Crippen LogP contribution in [-0.4, -0.2) is 29.8 Å². The van der Waals surface area contributed by atoms with E-state index >= 15 is 0 Å². The second-order valence-corrected chi connectivity index (χ2v) is 16.2. The van der Waals surface area contributed by atoms with Crippen LogP contribution in [-0.2, 0) is 8.85 Å². The molecule has 0 amide bonds. The molecule has 0 fully saturated rings. The molecule has 0 aromatic heterocycles. The zero-order valence-corrected chi connectivity index (χ0v) is 20.4. The summed E-state index contributed by atoms with van der Waals surface area (Å²) in [5.41, 5.74) is 0. The Morgan fingerprint density at radius 1 is 0.440 bits per heavy atom. The molecule has 0 aliphatic heterocycles. The molecule has 0 aromatic carbocycles. The van der Waals surface area contributed by atoms with Crippen LogP contribution in [0.3, 0.4) is 0 Å². The Hall–Kier alpha value is 0.354. The molecule has 0 bridgehead atoms. The second-order valence-electron chi connectivity index (χ2n) is 7.92. The molecule has 0 rings (SSSR count). The minimum Gasteiger partial charge on any atom is -0.417 e. The first-order valence-electron chi connectivity index (χ1n) is 11.3. The van der Waals surface area contributed by atoms with Crippen molar-refractivity contribution in [3.05, 3.63) is 0 Å². The van der Waals surface area contributed by atoms with Crippen LogP contribution in [0.2, 0.25) is 36.3 Å². The highest BCUT2D eigenvalue weighted by Gasteiger charge is 2.36. The monoisotopic (exact) mass is 388 g/mol. The van der Waals surface area contributed by atoms with E-state index in [1.807, 2.05) is 0 Å². The summed E-state index contributed by atoms with van der Waals surface area (Å²) in [5.74, 6) is 0. The largest absolute Gasteiger partial charge is 0.417 e. The molecule has 2 nitrogen and oxygen atoms in total. The molecule has 25 heavy (non-hydrogen) atoms. The van der Waals surface area contributed by atoms with Gasteiger partial charge in [-0.1, -0.05) is 73.6 Å². The first kappa shape index (κ1) is 25.4. The molecule has 4 heteroatoms. The summed E-state index contributed by atoms with van der Waals surface area (Å²) < 4.78 is 13.2. The van der Waals surface area contributed by atoms with Gasteiger partial charge in [0, 0.05) is 13.2 Å². The van der Waals surface area contributed by atoms with Gasteiger partial charge in [-0.2, -0.15) is 0 Å². The van der Waals surface area contributed by atoms with Crippen molar-refractivity contribution in [3.63, 3.8) is 0 Å². The molecule has 0 aromatic rings. The molecular weight excluding hydrogens is 340 g/mol. The Kier molecular flexibility index (Phi) is 15.6. The molecule has 0 saturated carbocycles. The number of hydrogen-bond acceptors (Lipinski definition) is 2. The molecule has 0 heterocycles. The van der Waals surface area contributed by atoms with Gasteiger partial charge in [0.15, 0.2) is 16.6 Å². The smallest absolute Gasteiger partial charge is 0.192 e. The summed E-state index contributed by atoms with van der Waals surface area (Å²) >= 11 is 0. The van der Waals surface area contributed by atoms with E-state index in [1.54, 1.807) is 0 Å². The zero-order valence-electron chi connectivity index (χ0n) is 18.4. The minimum absolute atomic E-state index is 0.977. The van der Waals surface area contributed by atoms with Crippen molar-refractivity contribution in [1.29, 1.82) is 0 Å². The Balaban J connectivity index is 4.93. The summed E-state index contributed by atoms with van der Waals surface area (Å²) in [6.45, 7) is 15.8. The molecule has 0 atom stereocenters. The van der Waals surface area contributed by atoms with Crippen molar-refractivity contribution in [2.45, 2.75) is 123 Å². The van der Waals surface area contributed by atoms with Gasteiger partial charge < -0.3 is 8.85 Å². The topological polar surface area (TPSA) is 18.5 Å². The summed E-state index contributed by atoms with van der Waals surface area (Å²) in [7, 11) is -3.05. The molecule has 0 unspecified atom stereocenters. The van der Waals surface area contributed by atoms with Crippen LogP contribution in [0, 0.1) is 0 Å². The minimum atomic E-state index is -1.53. The molecule has 0 spiro atoms. The van der Waals surface area contributed by atoms with Gasteiger partial charge in [0.25, 0.3) is 0 Å². The molecule has 0 radical (unpaired) electrons. The van der Waals surface area contributed by atoms with Gasteiger partial charge in [-0.15, -0.1) is 0 Å². The Morgan fingerprint density at radius 3 is 1.00 bits per heavy atom. The lowest BCUT2D eigenvalue weighted by Crippen LogP contribution is -2.41. The highest BCUT2D eigenvalue weighted by Crippen LogP contribution is 2.33. The van der Waals surface area contributed by atoms with Crippen LogP contribution in [0.1, 0.15) is 86.5 Å². The number of hydrogen-bond donors (Lipinski definition) is 0. The fourth-order valence-corrected chi connectivity index (χ4v) is 13.7. The van der Waals surface area contributed by atoms with E-state index in [1.165, 1.54) is 68.4 Å². The first-order chi connectivity index (χ1) is 12.1. The third-order valence-electron chi connectivity index (χ3n) is 5.31. The highest BCUT2D eigenvalue weighted by molar-refractivity contribution is 6.75. The standard InChI is InChI=1S/C21H48O2Si2/c1-7-14-22-24(16-9-3,17-10-4)20-13-21-25(18-11-5,19-12-6)23-15-8-2/h7-21H2,1-6H3. The van der Waals surface area contributed by atoms with Crippen LogP contribution in [0.25, 0.3) is 0 Å². The fourth-order valence-electron chi connectivity index (χ4n) is 4.38. The van der Waals surface area contributed by atoms with Crippen LogP contribution in [0.15, 0.2) is 0 Å². The van der Waals surface area contributed by atoms with Crippen molar-refractivity contribution in [2.24, 2.45) is 0 Å². The van der Waals surface area contributed by atoms with Crippen LogP contribution in [0.4, 0.5) is 0 Å². The maximum atomic E-state index is 6.59. The van der Waals surface area contributed by atoms with E-state index in [9.17, 15) is 0 Å². The van der Waals surface area contributed by atoms with Crippen LogP contribution in [0.5, 0.6) is 0 Å². The average molecular weight is 389 g/mol. The lowest BCUT2D eigenvalue weighted by atomic mass is 10.5. The van der Waals surface area contributed by atoms with Gasteiger partial charge in [0.05, 0.1) is 0 Å². The normalized spacial score (nSPS) is 12.7. The highest BCUT2D eigenvalue weighted by atomic mass is 28.4. The Bertz CT molecular complexity index is 258. The summed E-state index contributed by atoms with van der Waals surface area (Å²) in [6, 6.07) is 8.15. The Labute approximate surface area is 161 Å². The van der Waals surface area contributed by atoms with Crippen molar-refractivity contribution >= 4 is 16.6 Å². The van der Waals surface area contributed by atoms with E-state index in [0.717, 1.165) is 26.1 Å². The summed E-state index contributed by atoms with van der Waals surface area (Å²) in [6.07, 6.45) is 8.82. The van der Waals surface area contributed by atoms with Gasteiger partial charge in [-0.25, -0.2) is 0 Å². The maximum Gasteiger partial charge on any atom is 0.192 e. The van der Waals surface area contributed by atoms with E-state index in [0.29, 0.717) is 0 Å². The first-order valence-corrected chi connectivity index (χ1v) is 16.4. The predicted molar refractivity (Wildman–Crippen MR) is 119 cm³/mol. The van der Waals surface area contributed by atoms with Gasteiger partial charge >= 0.3 is 0 Å². The lowest BCUT2D eigenvalue weighted by molar-refractivity contribution is 0.290. The van der Waals surface area contributed by atoms with Crippen molar-refractivity contribution < 1.29 is 8.85 Å². The summed E-state index contributed by atoms with van der Waals surface area (Å²) in [5, 5.41) is 0. The van der Waals surface area contributed by atoms with Gasteiger partial charge in [-0.3, -0.25) is 0 Å². The maximum absolute atomic E-state index is 6.59. The van der Waals surface area contributed by atoms with E-state index < -0.39 is 16.6 Å². The molecule has 0 aliphatic rings. The van der Waals surface area contributed by atoms with E-state index in [4.69, 9.17) is 8.85 Å². The molecule has 0 N–H and O–H groups in total. The van der Waals surface area contributed by atoms with E-state index in [2.05, 4.69) is 41.5 Å².